The second-order valence-corrected chi connectivity index (χ2v) is 10.3. The number of rotatable bonds is 7. The minimum atomic E-state index is -0.541. The van der Waals surface area contributed by atoms with Gasteiger partial charge in [-0.15, -0.1) is 0 Å². The number of carbonyl (C=O) groups is 1. The zero-order chi connectivity index (χ0) is 24.6. The lowest BCUT2D eigenvalue weighted by atomic mass is 9.93. The summed E-state index contributed by atoms with van der Waals surface area (Å²) in [6.07, 6.45) is 2.56. The lowest BCUT2D eigenvalue weighted by molar-refractivity contribution is -0.157. The molecule has 0 radical (unpaired) electrons. The maximum atomic E-state index is 12.8. The number of fused-ring (bicyclic) bond motifs is 1. The highest BCUT2D eigenvalue weighted by Crippen LogP contribution is 2.56. The summed E-state index contributed by atoms with van der Waals surface area (Å²) in [7, 11) is 0. The first-order chi connectivity index (χ1) is 16.7. The fourth-order valence-corrected chi connectivity index (χ4v) is 4.64. The van der Waals surface area contributed by atoms with Crippen LogP contribution in [0.1, 0.15) is 49.8 Å². The van der Waals surface area contributed by atoms with E-state index in [2.05, 4.69) is 27.3 Å². The third kappa shape index (κ3) is 4.90. The number of aryl methyl sites for hydroxylation is 1. The van der Waals surface area contributed by atoms with Gasteiger partial charge in [-0.2, -0.15) is 4.98 Å². The van der Waals surface area contributed by atoms with Crippen LogP contribution in [0.2, 0.25) is 0 Å². The molecule has 0 amide bonds. The molecule has 0 N–H and O–H groups in total. The first kappa shape index (κ1) is 23.0. The summed E-state index contributed by atoms with van der Waals surface area (Å²) in [5.74, 6) is 0.814. The van der Waals surface area contributed by atoms with Crippen LogP contribution in [-0.2, 0) is 28.0 Å². The van der Waals surface area contributed by atoms with E-state index >= 15 is 0 Å². The number of benzene rings is 2. The molecular weight excluding hydrogens is 442 g/mol. The van der Waals surface area contributed by atoms with E-state index in [1.807, 2.05) is 70.2 Å². The molecule has 7 nitrogen and oxygen atoms in total. The molecule has 180 valence electrons. The summed E-state index contributed by atoms with van der Waals surface area (Å²) in [6, 6.07) is 18.1. The van der Waals surface area contributed by atoms with Gasteiger partial charge in [0, 0.05) is 16.6 Å². The Kier molecular flexibility index (Phi) is 5.79. The summed E-state index contributed by atoms with van der Waals surface area (Å²) >= 11 is 0. The van der Waals surface area contributed by atoms with Crippen molar-refractivity contribution >= 4 is 16.9 Å². The predicted octanol–water partition coefficient (Wildman–Crippen LogP) is 5.35. The molecule has 2 aromatic carbocycles. The number of pyridine rings is 1. The Balaban J connectivity index is 1.29. The highest BCUT2D eigenvalue weighted by atomic mass is 16.6. The van der Waals surface area contributed by atoms with Crippen LogP contribution in [0, 0.1) is 12.8 Å². The van der Waals surface area contributed by atoms with Gasteiger partial charge in [-0.3, -0.25) is 9.78 Å². The van der Waals surface area contributed by atoms with Gasteiger partial charge in [0.05, 0.1) is 16.8 Å². The van der Waals surface area contributed by atoms with E-state index in [-0.39, 0.29) is 11.9 Å². The Morgan fingerprint density at radius 3 is 2.63 bits per heavy atom. The second kappa shape index (κ2) is 8.80. The third-order valence-corrected chi connectivity index (χ3v) is 6.34. The molecule has 2 atom stereocenters. The lowest BCUT2D eigenvalue weighted by Gasteiger charge is -2.21. The molecule has 7 heteroatoms. The highest BCUT2D eigenvalue weighted by Gasteiger charge is 2.63. The molecule has 1 saturated carbocycles. The van der Waals surface area contributed by atoms with E-state index in [9.17, 15) is 4.79 Å². The topological polar surface area (TPSA) is 87.3 Å². The van der Waals surface area contributed by atoms with Crippen molar-refractivity contribution in [3.05, 3.63) is 83.6 Å². The van der Waals surface area contributed by atoms with Crippen LogP contribution in [0.25, 0.3) is 10.9 Å². The SMILES string of the molecule is Cc1cc(COc2ccc(C[C@]3(c4ncon4)C[C@@H]3C(=O)OC(C)(C)C)cc2)c2ccccc2n1. The minimum absolute atomic E-state index is 0.220. The Morgan fingerprint density at radius 1 is 1.14 bits per heavy atom. The van der Waals surface area contributed by atoms with Crippen molar-refractivity contribution in [3.8, 4) is 5.75 Å². The molecule has 0 spiro atoms. The van der Waals surface area contributed by atoms with Crippen molar-refractivity contribution < 1.29 is 18.8 Å². The molecule has 2 heterocycles. The van der Waals surface area contributed by atoms with Crippen LogP contribution < -0.4 is 4.74 Å². The Bertz CT molecular complexity index is 1340. The zero-order valence-electron chi connectivity index (χ0n) is 20.4. The Labute approximate surface area is 204 Å². The number of hydrogen-bond donors (Lipinski definition) is 0. The quantitative estimate of drug-likeness (QED) is 0.336. The molecule has 1 aliphatic carbocycles. The summed E-state index contributed by atoms with van der Waals surface area (Å²) in [5, 5.41) is 5.16. The van der Waals surface area contributed by atoms with Gasteiger partial charge < -0.3 is 14.0 Å². The van der Waals surface area contributed by atoms with Crippen LogP contribution in [0.15, 0.2) is 65.5 Å². The average molecular weight is 472 g/mol. The highest BCUT2D eigenvalue weighted by molar-refractivity contribution is 5.82. The summed E-state index contributed by atoms with van der Waals surface area (Å²) < 4.78 is 16.7. The Hall–Kier alpha value is -3.74. The number of nitrogens with zero attached hydrogens (tertiary/aromatic N) is 3. The van der Waals surface area contributed by atoms with E-state index in [1.165, 1.54) is 6.39 Å². The summed E-state index contributed by atoms with van der Waals surface area (Å²) in [5.41, 5.74) is 3.06. The summed E-state index contributed by atoms with van der Waals surface area (Å²) in [4.78, 5) is 21.6. The van der Waals surface area contributed by atoms with Gasteiger partial charge in [0.1, 0.15) is 18.0 Å². The molecular formula is C28H29N3O4. The van der Waals surface area contributed by atoms with E-state index in [4.69, 9.17) is 14.0 Å². The summed E-state index contributed by atoms with van der Waals surface area (Å²) in [6.45, 7) is 8.07. The van der Waals surface area contributed by atoms with Gasteiger partial charge in [0.25, 0.3) is 0 Å². The number of para-hydroxylation sites is 1. The van der Waals surface area contributed by atoms with Crippen molar-refractivity contribution in [3.63, 3.8) is 0 Å². The predicted molar refractivity (Wildman–Crippen MR) is 131 cm³/mol. The number of carbonyl (C=O) groups excluding carboxylic acids is 1. The average Bonchev–Trinajstić information content (AvgIpc) is 3.26. The van der Waals surface area contributed by atoms with E-state index in [1.54, 1.807) is 0 Å². The fourth-order valence-electron chi connectivity index (χ4n) is 4.64. The number of esters is 1. The molecule has 0 unspecified atom stereocenters. The standard InChI is InChI=1S/C28H29N3O4/c1-18-13-20(22-7-5-6-8-24(22)30-18)16-33-21-11-9-19(10-12-21)14-28(26-29-17-34-31-26)15-23(28)25(32)35-27(2,3)4/h5-13,17,23H,14-16H2,1-4H3/t23-,28+/m1/s1. The number of ether oxygens (including phenoxy) is 2. The van der Waals surface area contributed by atoms with Crippen LogP contribution in [0.3, 0.4) is 0 Å². The molecule has 0 bridgehead atoms. The fraction of sp³-hybridized carbons (Fsp3) is 0.357. The number of hydrogen-bond acceptors (Lipinski definition) is 7. The van der Waals surface area contributed by atoms with Crippen molar-refractivity contribution in [1.82, 2.24) is 15.1 Å². The van der Waals surface area contributed by atoms with Gasteiger partial charge in [-0.1, -0.05) is 35.5 Å². The third-order valence-electron chi connectivity index (χ3n) is 6.34. The first-order valence-electron chi connectivity index (χ1n) is 11.8. The molecule has 35 heavy (non-hydrogen) atoms. The monoisotopic (exact) mass is 471 g/mol. The molecule has 4 aromatic rings. The van der Waals surface area contributed by atoms with Gasteiger partial charge in [-0.05, 0) is 70.4 Å². The van der Waals surface area contributed by atoms with Crippen molar-refractivity contribution in [2.75, 3.05) is 0 Å². The first-order valence-corrected chi connectivity index (χ1v) is 11.8. The van der Waals surface area contributed by atoms with Gasteiger partial charge >= 0.3 is 5.97 Å². The molecule has 0 aliphatic heterocycles. The number of aromatic nitrogens is 3. The van der Waals surface area contributed by atoms with Gasteiger partial charge in [0.2, 0.25) is 6.39 Å². The van der Waals surface area contributed by atoms with E-state index < -0.39 is 11.0 Å². The lowest BCUT2D eigenvalue weighted by Crippen LogP contribution is -2.28. The smallest absolute Gasteiger partial charge is 0.310 e. The van der Waals surface area contributed by atoms with Crippen LogP contribution in [0.4, 0.5) is 0 Å². The molecule has 2 aromatic heterocycles. The normalized spacial score (nSPS) is 19.5. The van der Waals surface area contributed by atoms with Crippen molar-refractivity contribution in [1.29, 1.82) is 0 Å². The van der Waals surface area contributed by atoms with Gasteiger partial charge in [0.15, 0.2) is 5.82 Å². The maximum Gasteiger partial charge on any atom is 0.310 e. The maximum absolute atomic E-state index is 12.8. The van der Waals surface area contributed by atoms with Crippen LogP contribution in [0.5, 0.6) is 5.75 Å². The van der Waals surface area contributed by atoms with Gasteiger partial charge in [-0.25, -0.2) is 0 Å². The van der Waals surface area contributed by atoms with Crippen LogP contribution >= 0.6 is 0 Å². The van der Waals surface area contributed by atoms with Crippen LogP contribution in [-0.4, -0.2) is 26.7 Å². The second-order valence-electron chi connectivity index (χ2n) is 10.3. The van der Waals surface area contributed by atoms with Crippen molar-refractivity contribution in [2.45, 2.75) is 58.2 Å². The minimum Gasteiger partial charge on any atom is -0.489 e. The Morgan fingerprint density at radius 2 is 1.91 bits per heavy atom. The van der Waals surface area contributed by atoms with E-state index in [0.29, 0.717) is 25.3 Å². The molecule has 1 aliphatic rings. The van der Waals surface area contributed by atoms with E-state index in [0.717, 1.165) is 33.5 Å². The molecule has 0 saturated heterocycles. The zero-order valence-corrected chi connectivity index (χ0v) is 20.4. The largest absolute Gasteiger partial charge is 0.489 e. The molecule has 1 fully saturated rings. The van der Waals surface area contributed by atoms with Crippen molar-refractivity contribution in [2.24, 2.45) is 5.92 Å². The molecule has 5 rings (SSSR count).